The molecule has 0 heterocycles. The molecule has 0 spiro atoms. The summed E-state index contributed by atoms with van der Waals surface area (Å²) in [7, 11) is 1.57. The normalized spacial score (nSPS) is 11.3. The van der Waals surface area contributed by atoms with E-state index in [2.05, 4.69) is 0 Å². The molecule has 0 aliphatic carbocycles. The topological polar surface area (TPSA) is 81.0 Å². The van der Waals surface area contributed by atoms with E-state index in [1.54, 1.807) is 20.9 Å². The van der Waals surface area contributed by atoms with Crippen molar-refractivity contribution in [3.05, 3.63) is 23.8 Å². The first-order valence-corrected chi connectivity index (χ1v) is 5.20. The van der Waals surface area contributed by atoms with Gasteiger partial charge in [-0.1, -0.05) is 0 Å². The van der Waals surface area contributed by atoms with Gasteiger partial charge in [0, 0.05) is 12.6 Å². The van der Waals surface area contributed by atoms with Crippen molar-refractivity contribution in [3.8, 4) is 11.5 Å². The van der Waals surface area contributed by atoms with Gasteiger partial charge in [0.25, 0.3) is 5.91 Å². The lowest BCUT2D eigenvalue weighted by molar-refractivity contribution is 0.0473. The maximum absolute atomic E-state index is 12.0. The summed E-state index contributed by atoms with van der Waals surface area (Å²) in [6.45, 7) is 3.29. The number of aliphatic hydroxyl groups is 1. The number of carbonyl (C=O) groups excluding carboxylic acids is 1. The Morgan fingerprint density at radius 2 is 1.88 bits per heavy atom. The molecule has 0 bridgehead atoms. The molecule has 0 saturated heterocycles. The van der Waals surface area contributed by atoms with Crippen LogP contribution in [0.3, 0.4) is 0 Å². The standard InChI is InChI=1S/C12H17NO4/c1-12(2,7-14)13(3)11(17)8-4-5-9(15)10(16)6-8/h4-6,14-16H,7H2,1-3H3. The summed E-state index contributed by atoms with van der Waals surface area (Å²) in [5, 5.41) is 27.7. The minimum absolute atomic E-state index is 0.167. The molecule has 0 saturated carbocycles. The molecular weight excluding hydrogens is 222 g/mol. The van der Waals surface area contributed by atoms with Gasteiger partial charge < -0.3 is 20.2 Å². The van der Waals surface area contributed by atoms with Gasteiger partial charge in [0.05, 0.1) is 12.1 Å². The summed E-state index contributed by atoms with van der Waals surface area (Å²) in [4.78, 5) is 13.4. The summed E-state index contributed by atoms with van der Waals surface area (Å²) in [6.07, 6.45) is 0. The van der Waals surface area contributed by atoms with Crippen LogP contribution in [0.2, 0.25) is 0 Å². The summed E-state index contributed by atoms with van der Waals surface area (Å²) >= 11 is 0. The largest absolute Gasteiger partial charge is 0.504 e. The van der Waals surface area contributed by atoms with Crippen LogP contribution in [-0.4, -0.2) is 45.3 Å². The SMILES string of the molecule is CN(C(=O)c1ccc(O)c(O)c1)C(C)(C)CO. The Morgan fingerprint density at radius 3 is 2.35 bits per heavy atom. The number of phenols is 2. The molecule has 0 aliphatic heterocycles. The molecule has 5 heteroatoms. The van der Waals surface area contributed by atoms with Crippen molar-refractivity contribution in [2.45, 2.75) is 19.4 Å². The highest BCUT2D eigenvalue weighted by Gasteiger charge is 2.27. The Bertz CT molecular complexity index is 429. The van der Waals surface area contributed by atoms with Gasteiger partial charge in [0.2, 0.25) is 0 Å². The van der Waals surface area contributed by atoms with Crippen molar-refractivity contribution < 1.29 is 20.1 Å². The number of benzene rings is 1. The van der Waals surface area contributed by atoms with E-state index in [4.69, 9.17) is 5.11 Å². The van der Waals surface area contributed by atoms with Crippen molar-refractivity contribution in [2.75, 3.05) is 13.7 Å². The van der Waals surface area contributed by atoms with Crippen LogP contribution in [0.15, 0.2) is 18.2 Å². The number of amides is 1. The smallest absolute Gasteiger partial charge is 0.254 e. The van der Waals surface area contributed by atoms with Gasteiger partial charge in [-0.2, -0.15) is 0 Å². The molecule has 0 atom stereocenters. The van der Waals surface area contributed by atoms with Gasteiger partial charge in [0.15, 0.2) is 11.5 Å². The number of phenolic OH excluding ortho intramolecular Hbond substituents is 2. The minimum Gasteiger partial charge on any atom is -0.504 e. The Balaban J connectivity index is 3.01. The maximum atomic E-state index is 12.0. The Labute approximate surface area is 99.9 Å². The summed E-state index contributed by atoms with van der Waals surface area (Å²) in [5.74, 6) is -0.948. The molecule has 1 aromatic rings. The quantitative estimate of drug-likeness (QED) is 0.686. The van der Waals surface area contributed by atoms with Crippen molar-refractivity contribution in [1.29, 1.82) is 0 Å². The second-order valence-corrected chi connectivity index (χ2v) is 4.54. The zero-order valence-electron chi connectivity index (χ0n) is 10.1. The number of aromatic hydroxyl groups is 2. The van der Waals surface area contributed by atoms with E-state index in [1.165, 1.54) is 23.1 Å². The van der Waals surface area contributed by atoms with Crippen LogP contribution in [0.5, 0.6) is 11.5 Å². The fourth-order valence-electron chi connectivity index (χ4n) is 1.23. The van der Waals surface area contributed by atoms with E-state index in [-0.39, 0.29) is 29.6 Å². The van der Waals surface area contributed by atoms with E-state index in [0.29, 0.717) is 0 Å². The van der Waals surface area contributed by atoms with E-state index in [9.17, 15) is 15.0 Å². The zero-order chi connectivity index (χ0) is 13.2. The molecule has 0 aromatic heterocycles. The molecule has 17 heavy (non-hydrogen) atoms. The Hall–Kier alpha value is -1.75. The molecule has 1 aromatic carbocycles. The fourth-order valence-corrected chi connectivity index (χ4v) is 1.23. The first-order valence-electron chi connectivity index (χ1n) is 5.20. The highest BCUT2D eigenvalue weighted by atomic mass is 16.3. The molecule has 3 N–H and O–H groups in total. The van der Waals surface area contributed by atoms with E-state index < -0.39 is 5.54 Å². The number of aliphatic hydroxyl groups excluding tert-OH is 1. The predicted octanol–water partition coefficient (Wildman–Crippen LogP) is 0.941. The van der Waals surface area contributed by atoms with Gasteiger partial charge >= 0.3 is 0 Å². The lowest BCUT2D eigenvalue weighted by atomic mass is 10.0. The van der Waals surface area contributed by atoms with Crippen LogP contribution in [0, 0.1) is 0 Å². The third-order valence-corrected chi connectivity index (χ3v) is 2.82. The van der Waals surface area contributed by atoms with Crippen molar-refractivity contribution in [1.82, 2.24) is 4.90 Å². The van der Waals surface area contributed by atoms with E-state index >= 15 is 0 Å². The second-order valence-electron chi connectivity index (χ2n) is 4.54. The molecule has 0 aliphatic rings. The molecule has 1 amide bonds. The highest BCUT2D eigenvalue weighted by Crippen LogP contribution is 2.26. The van der Waals surface area contributed by atoms with Crippen LogP contribution in [0.1, 0.15) is 24.2 Å². The number of rotatable bonds is 3. The Morgan fingerprint density at radius 1 is 1.29 bits per heavy atom. The third-order valence-electron chi connectivity index (χ3n) is 2.82. The molecule has 94 valence electrons. The predicted molar refractivity (Wildman–Crippen MR) is 63.0 cm³/mol. The van der Waals surface area contributed by atoms with E-state index in [0.717, 1.165) is 0 Å². The first kappa shape index (κ1) is 13.3. The fraction of sp³-hybridized carbons (Fsp3) is 0.417. The average molecular weight is 239 g/mol. The summed E-state index contributed by atoms with van der Waals surface area (Å²) < 4.78 is 0. The maximum Gasteiger partial charge on any atom is 0.254 e. The van der Waals surface area contributed by atoms with Crippen LogP contribution >= 0.6 is 0 Å². The van der Waals surface area contributed by atoms with Crippen molar-refractivity contribution >= 4 is 5.91 Å². The van der Waals surface area contributed by atoms with Crippen LogP contribution in [0.25, 0.3) is 0 Å². The third kappa shape index (κ3) is 2.68. The van der Waals surface area contributed by atoms with Crippen molar-refractivity contribution in [2.24, 2.45) is 0 Å². The molecule has 0 fully saturated rings. The van der Waals surface area contributed by atoms with Crippen LogP contribution < -0.4 is 0 Å². The molecule has 1 rings (SSSR count). The van der Waals surface area contributed by atoms with Crippen LogP contribution in [0.4, 0.5) is 0 Å². The summed E-state index contributed by atoms with van der Waals surface area (Å²) in [6, 6.07) is 3.87. The number of likely N-dealkylation sites (N-methyl/N-ethyl adjacent to an activating group) is 1. The van der Waals surface area contributed by atoms with Gasteiger partial charge in [-0.3, -0.25) is 4.79 Å². The lowest BCUT2D eigenvalue weighted by Crippen LogP contribution is -2.47. The Kier molecular flexibility index (Phi) is 3.63. The van der Waals surface area contributed by atoms with E-state index in [1.807, 2.05) is 0 Å². The van der Waals surface area contributed by atoms with Gasteiger partial charge in [-0.25, -0.2) is 0 Å². The zero-order valence-corrected chi connectivity index (χ0v) is 10.1. The molecule has 0 radical (unpaired) electrons. The average Bonchev–Trinajstić information content (AvgIpc) is 2.30. The van der Waals surface area contributed by atoms with Crippen molar-refractivity contribution in [3.63, 3.8) is 0 Å². The van der Waals surface area contributed by atoms with Gasteiger partial charge in [-0.05, 0) is 32.0 Å². The number of hydrogen-bond acceptors (Lipinski definition) is 4. The van der Waals surface area contributed by atoms with Gasteiger partial charge in [0.1, 0.15) is 0 Å². The number of hydrogen-bond donors (Lipinski definition) is 3. The highest BCUT2D eigenvalue weighted by molar-refractivity contribution is 5.95. The first-order chi connectivity index (χ1) is 7.79. The summed E-state index contributed by atoms with van der Waals surface area (Å²) in [5.41, 5.74) is -0.436. The number of nitrogens with zero attached hydrogens (tertiary/aromatic N) is 1. The lowest BCUT2D eigenvalue weighted by Gasteiger charge is -2.34. The minimum atomic E-state index is -0.690. The van der Waals surface area contributed by atoms with Gasteiger partial charge in [-0.15, -0.1) is 0 Å². The molecule has 0 unspecified atom stereocenters. The molecular formula is C12H17NO4. The number of carbonyl (C=O) groups is 1. The monoisotopic (exact) mass is 239 g/mol. The molecule has 5 nitrogen and oxygen atoms in total. The second kappa shape index (κ2) is 4.63. The van der Waals surface area contributed by atoms with Crippen LogP contribution in [-0.2, 0) is 0 Å².